The molecule has 150 valence electrons. The van der Waals surface area contributed by atoms with Gasteiger partial charge in [0.05, 0.1) is 12.0 Å². The van der Waals surface area contributed by atoms with E-state index in [9.17, 15) is 13.2 Å². The fraction of sp³-hybridized carbons (Fsp3) is 0.400. The third-order valence-corrected chi connectivity index (χ3v) is 6.84. The molecule has 1 N–H and O–H groups in total. The van der Waals surface area contributed by atoms with Crippen molar-refractivity contribution in [2.75, 3.05) is 13.7 Å². The van der Waals surface area contributed by atoms with E-state index in [1.54, 1.807) is 36.7 Å². The summed E-state index contributed by atoms with van der Waals surface area (Å²) in [6, 6.07) is 9.71. The molecule has 0 saturated carbocycles. The lowest BCUT2D eigenvalue weighted by molar-refractivity contribution is -0.122. The molecule has 1 aliphatic rings. The molecule has 1 atom stereocenters. The summed E-state index contributed by atoms with van der Waals surface area (Å²) in [5.41, 5.74) is 0.905. The second-order valence-electron chi connectivity index (χ2n) is 6.78. The van der Waals surface area contributed by atoms with Gasteiger partial charge in [-0.25, -0.2) is 8.42 Å². The smallest absolute Gasteiger partial charge is 0.243 e. The molecule has 1 fully saturated rings. The van der Waals surface area contributed by atoms with Crippen LogP contribution < -0.4 is 10.1 Å². The van der Waals surface area contributed by atoms with E-state index in [1.165, 1.54) is 11.4 Å². The molecule has 1 amide bonds. The molecule has 2 aromatic rings. The molecule has 0 aliphatic carbocycles. The summed E-state index contributed by atoms with van der Waals surface area (Å²) in [5, 5.41) is 2.86. The van der Waals surface area contributed by atoms with Crippen molar-refractivity contribution in [1.29, 1.82) is 0 Å². The van der Waals surface area contributed by atoms with Crippen LogP contribution in [-0.4, -0.2) is 43.3 Å². The zero-order valence-electron chi connectivity index (χ0n) is 15.9. The maximum absolute atomic E-state index is 13.1. The molecular formula is C20H25N3O4S. The first kappa shape index (κ1) is 20.3. The van der Waals surface area contributed by atoms with Gasteiger partial charge in [-0.05, 0) is 48.7 Å². The lowest BCUT2D eigenvalue weighted by Crippen LogP contribution is -2.45. The Labute approximate surface area is 165 Å². The standard InChI is InChI=1S/C20H25N3O4S/c1-27-18-7-9-19(10-8-18)28(25,26)23-12-3-2-6-17(23)13-20(24)22-15-16-5-4-11-21-14-16/h4-5,7-11,14,17H,2-3,6,12-13,15H2,1H3,(H,22,24). The Balaban J connectivity index is 1.67. The minimum Gasteiger partial charge on any atom is -0.497 e. The minimum atomic E-state index is -3.66. The largest absolute Gasteiger partial charge is 0.497 e. The molecule has 1 aromatic carbocycles. The van der Waals surface area contributed by atoms with Gasteiger partial charge in [0, 0.05) is 37.9 Å². The molecule has 1 aromatic heterocycles. The first-order valence-electron chi connectivity index (χ1n) is 9.32. The average molecular weight is 404 g/mol. The lowest BCUT2D eigenvalue weighted by Gasteiger charge is -2.34. The normalized spacial score (nSPS) is 17.8. The number of rotatable bonds is 7. The van der Waals surface area contributed by atoms with Crippen molar-refractivity contribution in [3.63, 3.8) is 0 Å². The quantitative estimate of drug-likeness (QED) is 0.767. The Kier molecular flexibility index (Phi) is 6.64. The number of carbonyl (C=O) groups is 1. The number of pyridine rings is 1. The molecule has 0 radical (unpaired) electrons. The van der Waals surface area contributed by atoms with Gasteiger partial charge in [-0.2, -0.15) is 4.31 Å². The molecule has 1 saturated heterocycles. The van der Waals surface area contributed by atoms with Gasteiger partial charge in [-0.15, -0.1) is 0 Å². The summed E-state index contributed by atoms with van der Waals surface area (Å²) in [7, 11) is -2.13. The van der Waals surface area contributed by atoms with Crippen LogP contribution in [0.25, 0.3) is 0 Å². The number of aromatic nitrogens is 1. The average Bonchev–Trinajstić information content (AvgIpc) is 2.73. The van der Waals surface area contributed by atoms with Crippen LogP contribution in [0.15, 0.2) is 53.7 Å². The first-order chi connectivity index (χ1) is 13.5. The molecule has 1 aliphatic heterocycles. The van der Waals surface area contributed by atoms with E-state index in [2.05, 4.69) is 10.3 Å². The zero-order chi connectivity index (χ0) is 20.0. The van der Waals surface area contributed by atoms with E-state index in [0.29, 0.717) is 25.3 Å². The van der Waals surface area contributed by atoms with Crippen molar-refractivity contribution in [3.05, 3.63) is 54.4 Å². The monoisotopic (exact) mass is 403 g/mol. The van der Waals surface area contributed by atoms with Gasteiger partial charge in [0.15, 0.2) is 0 Å². The topological polar surface area (TPSA) is 88.6 Å². The maximum atomic E-state index is 13.1. The second kappa shape index (κ2) is 9.16. The van der Waals surface area contributed by atoms with Gasteiger partial charge in [0.2, 0.25) is 15.9 Å². The van der Waals surface area contributed by atoms with Crippen LogP contribution in [0, 0.1) is 0 Å². The van der Waals surface area contributed by atoms with Crippen LogP contribution in [0.2, 0.25) is 0 Å². The Morgan fingerprint density at radius 2 is 2.04 bits per heavy atom. The van der Waals surface area contributed by atoms with Crippen molar-refractivity contribution in [2.45, 2.75) is 43.2 Å². The molecule has 28 heavy (non-hydrogen) atoms. The summed E-state index contributed by atoms with van der Waals surface area (Å²) >= 11 is 0. The molecule has 0 spiro atoms. The fourth-order valence-corrected chi connectivity index (χ4v) is 5.06. The fourth-order valence-electron chi connectivity index (χ4n) is 3.37. The number of ether oxygens (including phenoxy) is 1. The van der Waals surface area contributed by atoms with Gasteiger partial charge in [-0.1, -0.05) is 12.5 Å². The summed E-state index contributed by atoms with van der Waals surface area (Å²) in [5.74, 6) is 0.439. The van der Waals surface area contributed by atoms with E-state index in [4.69, 9.17) is 4.74 Å². The lowest BCUT2D eigenvalue weighted by atomic mass is 10.0. The number of benzene rings is 1. The number of amides is 1. The Morgan fingerprint density at radius 1 is 1.25 bits per heavy atom. The predicted octanol–water partition coefficient (Wildman–Crippen LogP) is 2.34. The number of hydrogen-bond acceptors (Lipinski definition) is 5. The number of nitrogens with zero attached hydrogens (tertiary/aromatic N) is 2. The number of hydrogen-bond donors (Lipinski definition) is 1. The Morgan fingerprint density at radius 3 is 2.71 bits per heavy atom. The van der Waals surface area contributed by atoms with Crippen molar-refractivity contribution < 1.29 is 17.9 Å². The first-order valence-corrected chi connectivity index (χ1v) is 10.8. The highest BCUT2D eigenvalue weighted by Gasteiger charge is 2.34. The number of nitrogens with one attached hydrogen (secondary N) is 1. The van der Waals surface area contributed by atoms with Crippen molar-refractivity contribution in [1.82, 2.24) is 14.6 Å². The molecule has 2 heterocycles. The number of carbonyl (C=O) groups excluding carboxylic acids is 1. The highest BCUT2D eigenvalue weighted by atomic mass is 32.2. The Bertz CT molecular complexity index is 885. The van der Waals surface area contributed by atoms with Gasteiger partial charge < -0.3 is 10.1 Å². The van der Waals surface area contributed by atoms with E-state index >= 15 is 0 Å². The molecular weight excluding hydrogens is 378 g/mol. The SMILES string of the molecule is COc1ccc(S(=O)(=O)N2CCCCC2CC(=O)NCc2cccnc2)cc1. The van der Waals surface area contributed by atoms with Crippen LogP contribution in [-0.2, 0) is 21.4 Å². The minimum absolute atomic E-state index is 0.148. The maximum Gasteiger partial charge on any atom is 0.243 e. The summed E-state index contributed by atoms with van der Waals surface area (Å²) in [6.07, 6.45) is 5.90. The van der Waals surface area contributed by atoms with Crippen LogP contribution in [0.5, 0.6) is 5.75 Å². The predicted molar refractivity (Wildman–Crippen MR) is 105 cm³/mol. The molecule has 7 nitrogen and oxygen atoms in total. The number of piperidine rings is 1. The van der Waals surface area contributed by atoms with E-state index in [-0.39, 0.29) is 23.3 Å². The van der Waals surface area contributed by atoms with E-state index < -0.39 is 10.0 Å². The van der Waals surface area contributed by atoms with Crippen LogP contribution in [0.1, 0.15) is 31.2 Å². The molecule has 8 heteroatoms. The third-order valence-electron chi connectivity index (χ3n) is 4.87. The number of sulfonamides is 1. The van der Waals surface area contributed by atoms with Crippen LogP contribution >= 0.6 is 0 Å². The van der Waals surface area contributed by atoms with E-state index in [0.717, 1.165) is 18.4 Å². The summed E-state index contributed by atoms with van der Waals surface area (Å²) in [4.78, 5) is 16.6. The highest BCUT2D eigenvalue weighted by Crippen LogP contribution is 2.28. The number of methoxy groups -OCH3 is 1. The van der Waals surface area contributed by atoms with Crippen molar-refractivity contribution in [2.24, 2.45) is 0 Å². The molecule has 3 rings (SSSR count). The Hall–Kier alpha value is -2.45. The van der Waals surface area contributed by atoms with E-state index in [1.807, 2.05) is 12.1 Å². The van der Waals surface area contributed by atoms with Gasteiger partial charge in [0.1, 0.15) is 5.75 Å². The van der Waals surface area contributed by atoms with Crippen molar-refractivity contribution >= 4 is 15.9 Å². The van der Waals surface area contributed by atoms with Crippen LogP contribution in [0.3, 0.4) is 0 Å². The van der Waals surface area contributed by atoms with Gasteiger partial charge in [0.25, 0.3) is 0 Å². The summed E-state index contributed by atoms with van der Waals surface area (Å²) < 4.78 is 32.8. The zero-order valence-corrected chi connectivity index (χ0v) is 16.7. The molecule has 1 unspecified atom stereocenters. The second-order valence-corrected chi connectivity index (χ2v) is 8.67. The van der Waals surface area contributed by atoms with Gasteiger partial charge in [-0.3, -0.25) is 9.78 Å². The molecule has 0 bridgehead atoms. The third kappa shape index (κ3) is 4.88. The van der Waals surface area contributed by atoms with Gasteiger partial charge >= 0.3 is 0 Å². The van der Waals surface area contributed by atoms with Crippen molar-refractivity contribution in [3.8, 4) is 5.75 Å². The highest BCUT2D eigenvalue weighted by molar-refractivity contribution is 7.89. The van der Waals surface area contributed by atoms with Crippen LogP contribution in [0.4, 0.5) is 0 Å². The summed E-state index contributed by atoms with van der Waals surface area (Å²) in [6.45, 7) is 0.805.